The van der Waals surface area contributed by atoms with Crippen molar-refractivity contribution >= 4 is 64.5 Å². The maximum Gasteiger partial charge on any atom is 0.326 e. The fourth-order valence-electron chi connectivity index (χ4n) is 7.85. The predicted octanol–water partition coefficient (Wildman–Crippen LogP) is -1.92. The molecule has 7 atom stereocenters. The van der Waals surface area contributed by atoms with E-state index in [1.807, 2.05) is 0 Å². The third-order valence-corrected chi connectivity index (χ3v) is 11.2. The highest BCUT2D eigenvalue weighted by Gasteiger charge is 2.40. The SMILES string of the molecule is CC(C)[C@@H]1NC(=O)[C@H](NOc2ccc(C[C@@H](C=O)NC(=O)[C@H]3CCCN3C(=O)[C@@H]3CCC(=O)N3)cc2)n2cc(c3ccccc32)C[C@@H](C(=O)O)NC(=O)[C@@H](CO)NC(=O)CNC1=O. The number of hydrogen-bond donors (Lipinski definition) is 9. The second-order valence-corrected chi connectivity index (χ2v) is 16.0. The number of amides is 7. The van der Waals surface area contributed by atoms with Crippen LogP contribution >= 0.6 is 0 Å². The van der Waals surface area contributed by atoms with Crippen LogP contribution in [0.15, 0.2) is 54.7 Å². The van der Waals surface area contributed by atoms with Gasteiger partial charge < -0.3 is 61.2 Å². The van der Waals surface area contributed by atoms with Crippen LogP contribution in [0.1, 0.15) is 56.8 Å². The largest absolute Gasteiger partial charge is 0.480 e. The van der Waals surface area contributed by atoms with E-state index in [4.69, 9.17) is 4.84 Å². The zero-order chi connectivity index (χ0) is 45.4. The molecule has 4 heterocycles. The topological polar surface area (TPSA) is 296 Å². The molecule has 2 fully saturated rings. The Bertz CT molecular complexity index is 2250. The molecule has 336 valence electrons. The van der Waals surface area contributed by atoms with Gasteiger partial charge in [-0.1, -0.05) is 44.2 Å². The maximum absolute atomic E-state index is 14.3. The average Bonchev–Trinajstić information content (AvgIpc) is 4.02. The first kappa shape index (κ1) is 45.7. The van der Waals surface area contributed by atoms with Gasteiger partial charge in [-0.05, 0) is 60.9 Å². The number of para-hydroxylation sites is 1. The number of hydroxylamine groups is 1. The molecule has 0 radical (unpaired) electrons. The van der Waals surface area contributed by atoms with Gasteiger partial charge in [0.1, 0.15) is 42.2 Å². The average molecular weight is 874 g/mol. The molecule has 0 unspecified atom stereocenters. The number of aldehydes is 1. The van der Waals surface area contributed by atoms with E-state index in [2.05, 4.69) is 37.4 Å². The molecular formula is C42H51N9O12. The third-order valence-electron chi connectivity index (χ3n) is 11.2. The van der Waals surface area contributed by atoms with Crippen LogP contribution in [0.4, 0.5) is 0 Å². The molecule has 2 aromatic carbocycles. The van der Waals surface area contributed by atoms with Gasteiger partial charge in [0, 0.05) is 31.0 Å². The number of nitrogens with zero attached hydrogens (tertiary/aromatic N) is 2. The number of aliphatic carboxylic acids is 1. The van der Waals surface area contributed by atoms with E-state index in [1.165, 1.54) is 15.7 Å². The summed E-state index contributed by atoms with van der Waals surface area (Å²) in [6.45, 7) is 2.24. The Morgan fingerprint density at radius 1 is 0.905 bits per heavy atom. The number of aromatic nitrogens is 1. The standard InChI is InChI=1S/C42H51N9O12/c1-22(2)35-39(58)43-18-34(55)46-30(21-53)37(56)47-29(42(61)62)17-24-19-51(31-7-4-3-6-27(24)31)36(40(59)48-35)49-63-26-11-9-23(10-12-26)16-25(20-52)44-38(57)32-8-5-15-50(32)41(60)28-13-14-33(54)45-28/h3-4,6-7,9-12,19-20,22,25,28-30,32,35-36,49,53H,5,8,13-18,21H2,1-2H3,(H,43,58)(H,44,57)(H,45,54)(H,46,55)(H,47,56)(H,48,59)(H,61,62)/t25-,28-,29-,30+,32+,35-,36+/m0/s1. The normalized spacial score (nSPS) is 24.1. The molecule has 3 aliphatic rings. The summed E-state index contributed by atoms with van der Waals surface area (Å²) in [7, 11) is 0. The number of rotatable bonds is 12. The third kappa shape index (κ3) is 11.0. The Hall–Kier alpha value is -6.87. The number of aliphatic hydroxyl groups excluding tert-OH is 1. The van der Waals surface area contributed by atoms with Crippen molar-refractivity contribution in [2.75, 3.05) is 19.7 Å². The highest BCUT2D eigenvalue weighted by molar-refractivity contribution is 5.96. The molecule has 0 spiro atoms. The number of carbonyl (C=O) groups excluding carboxylic acids is 8. The van der Waals surface area contributed by atoms with Crippen molar-refractivity contribution in [3.63, 3.8) is 0 Å². The second kappa shape index (κ2) is 20.3. The number of carboxylic acids is 1. The number of carbonyl (C=O) groups is 9. The van der Waals surface area contributed by atoms with Gasteiger partial charge in [0.15, 0.2) is 6.17 Å². The number of likely N-dealkylation sites (tertiary alicyclic amines) is 1. The fourth-order valence-corrected chi connectivity index (χ4v) is 7.85. The first-order valence-corrected chi connectivity index (χ1v) is 20.6. The molecule has 21 nitrogen and oxygen atoms in total. The fraction of sp³-hybridized carbons (Fsp3) is 0.452. The number of carboxylic acid groups (broad SMARTS) is 1. The molecule has 2 saturated heterocycles. The summed E-state index contributed by atoms with van der Waals surface area (Å²) in [5.41, 5.74) is 4.26. The molecule has 9 N–H and O–H groups in total. The molecule has 7 amide bonds. The zero-order valence-electron chi connectivity index (χ0n) is 34.6. The lowest BCUT2D eigenvalue weighted by molar-refractivity contribution is -0.142. The van der Waals surface area contributed by atoms with Crippen molar-refractivity contribution in [2.24, 2.45) is 5.92 Å². The summed E-state index contributed by atoms with van der Waals surface area (Å²) in [6.07, 6.45) is 2.16. The minimum atomic E-state index is -1.53. The Balaban J connectivity index is 1.21. The molecule has 2 bridgehead atoms. The van der Waals surface area contributed by atoms with Gasteiger partial charge in [0.25, 0.3) is 5.91 Å². The van der Waals surface area contributed by atoms with E-state index in [-0.39, 0.29) is 36.8 Å². The molecule has 0 aliphatic carbocycles. The van der Waals surface area contributed by atoms with Crippen LogP contribution in [0.25, 0.3) is 10.9 Å². The second-order valence-electron chi connectivity index (χ2n) is 16.0. The number of nitrogens with one attached hydrogen (secondary N) is 7. The van der Waals surface area contributed by atoms with Crippen LogP contribution in [-0.2, 0) is 56.0 Å². The van der Waals surface area contributed by atoms with E-state index < -0.39 is 97.0 Å². The Kier molecular flexibility index (Phi) is 14.7. The van der Waals surface area contributed by atoms with E-state index in [9.17, 15) is 53.4 Å². The number of aliphatic hydroxyl groups is 1. The Morgan fingerprint density at radius 3 is 2.32 bits per heavy atom. The quantitative estimate of drug-likeness (QED) is 0.0710. The summed E-state index contributed by atoms with van der Waals surface area (Å²) in [6, 6.07) is 6.60. The van der Waals surface area contributed by atoms with Gasteiger partial charge in [-0.25, -0.2) is 4.79 Å². The Morgan fingerprint density at radius 2 is 1.65 bits per heavy atom. The van der Waals surface area contributed by atoms with E-state index in [0.717, 1.165) is 0 Å². The molecule has 3 aromatic rings. The van der Waals surface area contributed by atoms with E-state index in [0.29, 0.717) is 54.1 Å². The minimum absolute atomic E-state index is 0.101. The van der Waals surface area contributed by atoms with Gasteiger partial charge in [0.2, 0.25) is 35.4 Å². The smallest absolute Gasteiger partial charge is 0.326 e. The van der Waals surface area contributed by atoms with Gasteiger partial charge in [0.05, 0.1) is 24.7 Å². The van der Waals surface area contributed by atoms with Crippen molar-refractivity contribution in [1.82, 2.24) is 46.8 Å². The van der Waals surface area contributed by atoms with Crippen LogP contribution in [0, 0.1) is 5.92 Å². The van der Waals surface area contributed by atoms with Crippen LogP contribution in [0.5, 0.6) is 5.75 Å². The summed E-state index contributed by atoms with van der Waals surface area (Å²) < 4.78 is 1.49. The minimum Gasteiger partial charge on any atom is -0.480 e. The molecule has 3 aliphatic heterocycles. The van der Waals surface area contributed by atoms with Gasteiger partial charge in [-0.3, -0.25) is 33.6 Å². The van der Waals surface area contributed by atoms with Gasteiger partial charge >= 0.3 is 5.97 Å². The summed E-state index contributed by atoms with van der Waals surface area (Å²) in [5.74, 6) is -5.98. The van der Waals surface area contributed by atoms with Crippen molar-refractivity contribution in [1.29, 1.82) is 0 Å². The summed E-state index contributed by atoms with van der Waals surface area (Å²) >= 11 is 0. The van der Waals surface area contributed by atoms with E-state index in [1.54, 1.807) is 62.4 Å². The lowest BCUT2D eigenvalue weighted by Gasteiger charge is -2.27. The first-order valence-electron chi connectivity index (χ1n) is 20.6. The van der Waals surface area contributed by atoms with Crippen LogP contribution in [0.2, 0.25) is 0 Å². The summed E-state index contributed by atoms with van der Waals surface area (Å²) in [5, 5.41) is 35.7. The Labute approximate surface area is 361 Å². The van der Waals surface area contributed by atoms with Gasteiger partial charge in [-0.15, -0.1) is 5.48 Å². The zero-order valence-corrected chi connectivity index (χ0v) is 34.6. The highest BCUT2D eigenvalue weighted by Crippen LogP contribution is 2.27. The lowest BCUT2D eigenvalue weighted by atomic mass is 10.0. The highest BCUT2D eigenvalue weighted by atomic mass is 16.6. The summed E-state index contributed by atoms with van der Waals surface area (Å²) in [4.78, 5) is 123. The van der Waals surface area contributed by atoms with Crippen molar-refractivity contribution in [3.05, 3.63) is 65.9 Å². The molecule has 0 saturated carbocycles. The van der Waals surface area contributed by atoms with Crippen LogP contribution in [-0.4, -0.2) is 129 Å². The molecule has 21 heteroatoms. The number of benzene rings is 2. The molecule has 1 aromatic heterocycles. The maximum atomic E-state index is 14.3. The van der Waals surface area contributed by atoms with E-state index >= 15 is 0 Å². The van der Waals surface area contributed by atoms with Crippen molar-refractivity contribution < 1.29 is 58.2 Å². The van der Waals surface area contributed by atoms with Crippen LogP contribution in [0.3, 0.4) is 0 Å². The first-order chi connectivity index (χ1) is 30.2. The number of hydrogen-bond acceptors (Lipinski definition) is 12. The van der Waals surface area contributed by atoms with Gasteiger partial charge in [-0.2, -0.15) is 0 Å². The molecule has 6 rings (SSSR count). The lowest BCUT2D eigenvalue weighted by Crippen LogP contribution is -2.56. The predicted molar refractivity (Wildman–Crippen MR) is 221 cm³/mol. The number of fused-ring (bicyclic) bond motifs is 5. The van der Waals surface area contributed by atoms with Crippen LogP contribution < -0.4 is 42.2 Å². The monoisotopic (exact) mass is 873 g/mol. The molecular weight excluding hydrogens is 823 g/mol. The van der Waals surface area contributed by atoms with Crippen molar-refractivity contribution in [2.45, 2.75) is 94.8 Å². The van der Waals surface area contributed by atoms with Crippen molar-refractivity contribution in [3.8, 4) is 5.75 Å². The molecule has 63 heavy (non-hydrogen) atoms.